The van der Waals surface area contributed by atoms with Gasteiger partial charge in [-0.25, -0.2) is 0 Å². The van der Waals surface area contributed by atoms with E-state index < -0.39 is 0 Å². The lowest BCUT2D eigenvalue weighted by atomic mass is 9.92. The minimum absolute atomic E-state index is 1.25. The fraction of sp³-hybridized carbons (Fsp3) is 0. The lowest BCUT2D eigenvalue weighted by molar-refractivity contribution is 1.68. The average Bonchev–Trinajstić information content (AvgIpc) is 3.50. The van der Waals surface area contributed by atoms with Gasteiger partial charge in [0.15, 0.2) is 0 Å². The van der Waals surface area contributed by atoms with Crippen LogP contribution >= 0.6 is 11.3 Å². The Labute approximate surface area is 264 Å². The third-order valence-corrected chi connectivity index (χ3v) is 10.9. The number of benzene rings is 9. The molecule has 0 nitrogen and oxygen atoms in total. The third kappa shape index (κ3) is 3.78. The fourth-order valence-electron chi connectivity index (χ4n) is 7.33. The molecule has 1 heterocycles. The Morgan fingerprint density at radius 2 is 0.778 bits per heavy atom. The smallest absolute Gasteiger partial charge is 0.0434 e. The molecule has 10 rings (SSSR count). The summed E-state index contributed by atoms with van der Waals surface area (Å²) in [5, 5.41) is 15.6. The van der Waals surface area contributed by atoms with Crippen molar-refractivity contribution in [3.63, 3.8) is 0 Å². The maximum absolute atomic E-state index is 2.41. The van der Waals surface area contributed by atoms with E-state index in [2.05, 4.69) is 158 Å². The van der Waals surface area contributed by atoms with Crippen molar-refractivity contribution in [2.75, 3.05) is 0 Å². The maximum atomic E-state index is 2.41. The molecule has 0 bridgehead atoms. The molecule has 0 saturated carbocycles. The zero-order valence-electron chi connectivity index (χ0n) is 24.4. The number of hydrogen-bond donors (Lipinski definition) is 0. The fourth-order valence-corrected chi connectivity index (χ4v) is 8.71. The largest absolute Gasteiger partial charge is 0.134 e. The number of hydrogen-bond acceptors (Lipinski definition) is 1. The molecule has 208 valence electrons. The molecule has 45 heavy (non-hydrogen) atoms. The van der Waals surface area contributed by atoms with E-state index in [1.807, 2.05) is 11.3 Å². The Morgan fingerprint density at radius 1 is 0.267 bits per heavy atom. The van der Waals surface area contributed by atoms with Crippen molar-refractivity contribution in [1.82, 2.24) is 0 Å². The highest BCUT2D eigenvalue weighted by Gasteiger charge is 2.14. The van der Waals surface area contributed by atoms with Gasteiger partial charge in [-0.1, -0.05) is 140 Å². The average molecular weight is 587 g/mol. The topological polar surface area (TPSA) is 0 Å². The van der Waals surface area contributed by atoms with Gasteiger partial charge in [0, 0.05) is 20.2 Å². The van der Waals surface area contributed by atoms with Crippen LogP contribution in [0, 0.1) is 0 Å². The molecule has 0 atom stereocenters. The van der Waals surface area contributed by atoms with Crippen LogP contribution < -0.4 is 0 Å². The molecular formula is C44H26S. The number of thiophene rings is 1. The molecule has 0 aliphatic rings. The van der Waals surface area contributed by atoms with Gasteiger partial charge in [0.25, 0.3) is 0 Å². The van der Waals surface area contributed by atoms with Gasteiger partial charge in [0.2, 0.25) is 0 Å². The first-order chi connectivity index (χ1) is 22.3. The van der Waals surface area contributed by atoms with Crippen molar-refractivity contribution in [1.29, 1.82) is 0 Å². The molecule has 0 N–H and O–H groups in total. The maximum Gasteiger partial charge on any atom is 0.0434 e. The Morgan fingerprint density at radius 3 is 1.56 bits per heavy atom. The highest BCUT2D eigenvalue weighted by atomic mass is 32.1. The van der Waals surface area contributed by atoms with Gasteiger partial charge >= 0.3 is 0 Å². The van der Waals surface area contributed by atoms with E-state index in [-0.39, 0.29) is 0 Å². The highest BCUT2D eigenvalue weighted by Crippen LogP contribution is 2.44. The quantitative estimate of drug-likeness (QED) is 0.177. The van der Waals surface area contributed by atoms with E-state index in [9.17, 15) is 0 Å². The lowest BCUT2D eigenvalue weighted by Crippen LogP contribution is -1.85. The second-order valence-corrected chi connectivity index (χ2v) is 13.1. The minimum atomic E-state index is 1.25. The van der Waals surface area contributed by atoms with Crippen molar-refractivity contribution < 1.29 is 0 Å². The van der Waals surface area contributed by atoms with E-state index in [0.29, 0.717) is 0 Å². The zero-order chi connectivity index (χ0) is 29.5. The summed E-state index contributed by atoms with van der Waals surface area (Å²) in [6.45, 7) is 0. The summed E-state index contributed by atoms with van der Waals surface area (Å²) in [5.74, 6) is 0. The van der Waals surface area contributed by atoms with Crippen molar-refractivity contribution in [3.8, 4) is 22.3 Å². The van der Waals surface area contributed by atoms with E-state index in [4.69, 9.17) is 0 Å². The molecule has 0 saturated heterocycles. The van der Waals surface area contributed by atoms with Gasteiger partial charge in [-0.3, -0.25) is 0 Å². The SMILES string of the molecule is c1ccc2cc(-c3ccc4ccc5c6cc(-c7cccc8c7sc7c9ccccc9ccc87)ccc6ccc5c4c3)ccc2c1. The monoisotopic (exact) mass is 586 g/mol. The van der Waals surface area contributed by atoms with Crippen LogP contribution in [0.2, 0.25) is 0 Å². The molecule has 9 aromatic carbocycles. The van der Waals surface area contributed by atoms with Crippen molar-refractivity contribution in [2.45, 2.75) is 0 Å². The Hall–Kier alpha value is -5.50. The first-order valence-electron chi connectivity index (χ1n) is 15.5. The summed E-state index contributed by atoms with van der Waals surface area (Å²) < 4.78 is 2.73. The molecule has 0 radical (unpaired) electrons. The van der Waals surface area contributed by atoms with E-state index in [0.717, 1.165) is 0 Å². The summed E-state index contributed by atoms with van der Waals surface area (Å²) in [7, 11) is 0. The zero-order valence-corrected chi connectivity index (χ0v) is 25.2. The summed E-state index contributed by atoms with van der Waals surface area (Å²) in [5.41, 5.74) is 5.07. The summed E-state index contributed by atoms with van der Waals surface area (Å²) in [6, 6.07) is 58.5. The van der Waals surface area contributed by atoms with E-state index >= 15 is 0 Å². The van der Waals surface area contributed by atoms with Gasteiger partial charge in [-0.2, -0.15) is 0 Å². The highest BCUT2D eigenvalue weighted by molar-refractivity contribution is 7.27. The van der Waals surface area contributed by atoms with Crippen molar-refractivity contribution in [3.05, 3.63) is 158 Å². The second kappa shape index (κ2) is 9.50. The first kappa shape index (κ1) is 24.9. The molecule has 0 amide bonds. The van der Waals surface area contributed by atoms with Crippen LogP contribution in [0.15, 0.2) is 158 Å². The first-order valence-corrected chi connectivity index (χ1v) is 16.3. The molecule has 0 unspecified atom stereocenters. The van der Waals surface area contributed by atoms with Crippen LogP contribution in [0.3, 0.4) is 0 Å². The number of rotatable bonds is 2. The van der Waals surface area contributed by atoms with Gasteiger partial charge in [0.1, 0.15) is 0 Å². The summed E-state index contributed by atoms with van der Waals surface area (Å²) >= 11 is 1.92. The van der Waals surface area contributed by atoms with Crippen LogP contribution in [0.5, 0.6) is 0 Å². The van der Waals surface area contributed by atoms with Gasteiger partial charge in [-0.05, 0) is 94.3 Å². The third-order valence-electron chi connectivity index (χ3n) is 9.62. The van der Waals surface area contributed by atoms with Crippen LogP contribution in [-0.2, 0) is 0 Å². The Bertz CT molecular complexity index is 2820. The predicted octanol–water partition coefficient (Wildman–Crippen LogP) is 13.2. The molecule has 0 spiro atoms. The minimum Gasteiger partial charge on any atom is -0.134 e. The molecule has 1 aromatic heterocycles. The molecular weight excluding hydrogens is 561 g/mol. The number of fused-ring (bicyclic) bond motifs is 11. The second-order valence-electron chi connectivity index (χ2n) is 12.1. The van der Waals surface area contributed by atoms with Crippen LogP contribution in [0.25, 0.3) is 96.3 Å². The van der Waals surface area contributed by atoms with Crippen LogP contribution in [-0.4, -0.2) is 0 Å². The van der Waals surface area contributed by atoms with Crippen molar-refractivity contribution in [2.24, 2.45) is 0 Å². The summed E-state index contributed by atoms with van der Waals surface area (Å²) in [4.78, 5) is 0. The van der Waals surface area contributed by atoms with E-state index in [1.54, 1.807) is 0 Å². The van der Waals surface area contributed by atoms with E-state index in [1.165, 1.54) is 96.3 Å². The molecule has 10 aromatic rings. The van der Waals surface area contributed by atoms with Gasteiger partial charge in [-0.15, -0.1) is 11.3 Å². The molecule has 0 fully saturated rings. The summed E-state index contributed by atoms with van der Waals surface area (Å²) in [6.07, 6.45) is 0. The van der Waals surface area contributed by atoms with Crippen LogP contribution in [0.1, 0.15) is 0 Å². The van der Waals surface area contributed by atoms with Gasteiger partial charge < -0.3 is 0 Å². The normalized spacial score (nSPS) is 12.0. The molecule has 1 heteroatoms. The Balaban J connectivity index is 1.17. The van der Waals surface area contributed by atoms with Crippen molar-refractivity contribution >= 4 is 85.4 Å². The van der Waals surface area contributed by atoms with Gasteiger partial charge in [0.05, 0.1) is 0 Å². The predicted molar refractivity (Wildman–Crippen MR) is 198 cm³/mol. The standard InChI is InChI=1S/C44H26S/c1-2-8-31-24-32(15-12-27(31)6-1)33-16-13-29-18-22-38-37(41(29)25-33)21-19-30-14-17-34(26-42(30)38)36-10-5-11-39-40-23-20-28-7-3-4-9-35(28)43(40)45-44(36)39/h1-26H. The Kier molecular flexibility index (Phi) is 5.25. The van der Waals surface area contributed by atoms with Crippen LogP contribution in [0.4, 0.5) is 0 Å². The lowest BCUT2D eigenvalue weighted by Gasteiger charge is -2.12. The molecule has 0 aliphatic carbocycles. The molecule has 0 aliphatic heterocycles.